The lowest BCUT2D eigenvalue weighted by atomic mass is 10.1. The minimum Gasteiger partial charge on any atom is -0.298 e. The number of nitrogens with zero attached hydrogens (tertiary/aromatic N) is 1. The number of amides is 1. The molecule has 4 nitrogen and oxygen atoms in total. The van der Waals surface area contributed by atoms with Gasteiger partial charge in [-0.3, -0.25) is 15.1 Å². The standard InChI is InChI=1S/C14H15Br2N3OS/c1-19(6-9-4-13(16)21-8-9)7-11-3-2-10(5-12(11)15)14(20)18-17/h2-5,8H,6-7,17H2,1H3,(H,18,20). The maximum Gasteiger partial charge on any atom is 0.265 e. The maximum atomic E-state index is 11.5. The Morgan fingerprint density at radius 1 is 1.33 bits per heavy atom. The lowest BCUT2D eigenvalue weighted by molar-refractivity contribution is 0.0953. The van der Waals surface area contributed by atoms with Gasteiger partial charge >= 0.3 is 0 Å². The van der Waals surface area contributed by atoms with Crippen molar-refractivity contribution in [1.29, 1.82) is 0 Å². The number of halogens is 2. The van der Waals surface area contributed by atoms with Crippen molar-refractivity contribution in [2.45, 2.75) is 13.1 Å². The quantitative estimate of drug-likeness (QED) is 0.431. The van der Waals surface area contributed by atoms with Gasteiger partial charge in [0.1, 0.15) is 0 Å². The van der Waals surface area contributed by atoms with E-state index in [1.54, 1.807) is 23.5 Å². The highest BCUT2D eigenvalue weighted by atomic mass is 79.9. The molecule has 1 heterocycles. The Kier molecular flexibility index (Phi) is 5.95. The van der Waals surface area contributed by atoms with Crippen molar-refractivity contribution in [2.75, 3.05) is 7.05 Å². The summed E-state index contributed by atoms with van der Waals surface area (Å²) in [5.41, 5.74) is 5.08. The molecule has 3 N–H and O–H groups in total. The normalized spacial score (nSPS) is 10.9. The van der Waals surface area contributed by atoms with E-state index in [0.29, 0.717) is 5.56 Å². The number of thiophene rings is 1. The fraction of sp³-hybridized carbons (Fsp3) is 0.214. The van der Waals surface area contributed by atoms with E-state index in [0.717, 1.165) is 26.9 Å². The van der Waals surface area contributed by atoms with Gasteiger partial charge in [0, 0.05) is 23.1 Å². The number of benzene rings is 1. The molecule has 0 aliphatic heterocycles. The van der Waals surface area contributed by atoms with Gasteiger partial charge in [-0.25, -0.2) is 5.84 Å². The summed E-state index contributed by atoms with van der Waals surface area (Å²) in [6.07, 6.45) is 0. The molecule has 2 rings (SSSR count). The molecule has 0 saturated heterocycles. The van der Waals surface area contributed by atoms with Crippen LogP contribution in [0.4, 0.5) is 0 Å². The number of rotatable bonds is 5. The Morgan fingerprint density at radius 2 is 2.10 bits per heavy atom. The van der Waals surface area contributed by atoms with Gasteiger partial charge in [-0.15, -0.1) is 11.3 Å². The van der Waals surface area contributed by atoms with Crippen molar-refractivity contribution < 1.29 is 4.79 Å². The van der Waals surface area contributed by atoms with E-state index in [2.05, 4.69) is 60.7 Å². The second-order valence-corrected chi connectivity index (χ2v) is 7.86. The van der Waals surface area contributed by atoms with Crippen molar-refractivity contribution in [1.82, 2.24) is 10.3 Å². The molecule has 0 unspecified atom stereocenters. The van der Waals surface area contributed by atoms with Crippen LogP contribution in [0.3, 0.4) is 0 Å². The third-order valence-electron chi connectivity index (χ3n) is 2.96. The molecule has 0 saturated carbocycles. The number of hydrogen-bond acceptors (Lipinski definition) is 4. The molecule has 1 amide bonds. The van der Waals surface area contributed by atoms with Crippen LogP contribution in [0.15, 0.2) is 37.9 Å². The molecule has 1 aromatic heterocycles. The van der Waals surface area contributed by atoms with E-state index in [4.69, 9.17) is 5.84 Å². The first kappa shape index (κ1) is 16.6. The Hall–Kier alpha value is -0.730. The largest absolute Gasteiger partial charge is 0.298 e. The van der Waals surface area contributed by atoms with Crippen LogP contribution < -0.4 is 11.3 Å². The van der Waals surface area contributed by atoms with E-state index >= 15 is 0 Å². The van der Waals surface area contributed by atoms with Crippen LogP contribution in [0.5, 0.6) is 0 Å². The van der Waals surface area contributed by atoms with Gasteiger partial charge < -0.3 is 0 Å². The number of hydrazine groups is 1. The average Bonchev–Trinajstić information content (AvgIpc) is 2.85. The van der Waals surface area contributed by atoms with E-state index in [1.807, 2.05) is 6.07 Å². The average molecular weight is 433 g/mol. The smallest absolute Gasteiger partial charge is 0.265 e. The molecule has 0 radical (unpaired) electrons. The zero-order valence-electron chi connectivity index (χ0n) is 11.4. The van der Waals surface area contributed by atoms with Crippen molar-refractivity contribution in [3.63, 3.8) is 0 Å². The summed E-state index contributed by atoms with van der Waals surface area (Å²) in [4.78, 5) is 13.7. The summed E-state index contributed by atoms with van der Waals surface area (Å²) >= 11 is 8.67. The lowest BCUT2D eigenvalue weighted by Gasteiger charge is -2.17. The SMILES string of the molecule is CN(Cc1csc(Br)c1)Cc1ccc(C(=O)NN)cc1Br. The summed E-state index contributed by atoms with van der Waals surface area (Å²) in [6, 6.07) is 7.63. The molecular formula is C14H15Br2N3OS. The predicted molar refractivity (Wildman–Crippen MR) is 93.0 cm³/mol. The van der Waals surface area contributed by atoms with Gasteiger partial charge in [-0.05, 0) is 57.7 Å². The number of hydrogen-bond donors (Lipinski definition) is 2. The number of carbonyl (C=O) groups excluding carboxylic acids is 1. The minimum absolute atomic E-state index is 0.293. The molecule has 0 atom stereocenters. The molecule has 0 bridgehead atoms. The Labute approximate surface area is 144 Å². The van der Waals surface area contributed by atoms with Crippen molar-refractivity contribution in [2.24, 2.45) is 5.84 Å². The van der Waals surface area contributed by atoms with Gasteiger partial charge in [-0.1, -0.05) is 22.0 Å². The van der Waals surface area contributed by atoms with Gasteiger partial charge in [0.2, 0.25) is 0 Å². The number of nitrogens with two attached hydrogens (primary N) is 1. The van der Waals surface area contributed by atoms with Gasteiger partial charge in [0.05, 0.1) is 3.79 Å². The van der Waals surface area contributed by atoms with E-state index in [-0.39, 0.29) is 5.91 Å². The number of nitrogens with one attached hydrogen (secondary N) is 1. The van der Waals surface area contributed by atoms with Gasteiger partial charge in [0.25, 0.3) is 5.91 Å². The van der Waals surface area contributed by atoms with Gasteiger partial charge in [0.15, 0.2) is 0 Å². The third-order valence-corrected chi connectivity index (χ3v) is 5.25. The summed E-state index contributed by atoms with van der Waals surface area (Å²) < 4.78 is 2.05. The highest BCUT2D eigenvalue weighted by Crippen LogP contribution is 2.23. The molecule has 7 heteroatoms. The monoisotopic (exact) mass is 431 g/mol. The number of carbonyl (C=O) groups is 1. The van der Waals surface area contributed by atoms with Crippen molar-refractivity contribution in [3.05, 3.63) is 54.6 Å². The zero-order valence-corrected chi connectivity index (χ0v) is 15.4. The molecule has 0 aliphatic carbocycles. The predicted octanol–water partition coefficient (Wildman–Crippen LogP) is 3.51. The third kappa shape index (κ3) is 4.62. The fourth-order valence-corrected chi connectivity index (χ4v) is 3.69. The van der Waals surface area contributed by atoms with E-state index in [1.165, 1.54) is 5.56 Å². The van der Waals surface area contributed by atoms with Crippen LogP contribution in [-0.2, 0) is 13.1 Å². The molecule has 21 heavy (non-hydrogen) atoms. The van der Waals surface area contributed by atoms with Crippen molar-refractivity contribution >= 4 is 49.1 Å². The molecule has 0 aliphatic rings. The second kappa shape index (κ2) is 7.51. The van der Waals surface area contributed by atoms with Crippen LogP contribution >= 0.6 is 43.2 Å². The fourth-order valence-electron chi connectivity index (χ4n) is 1.99. The first-order chi connectivity index (χ1) is 9.99. The van der Waals surface area contributed by atoms with E-state index in [9.17, 15) is 4.79 Å². The van der Waals surface area contributed by atoms with Gasteiger partial charge in [-0.2, -0.15) is 0 Å². The highest BCUT2D eigenvalue weighted by molar-refractivity contribution is 9.11. The Balaban J connectivity index is 2.03. The first-order valence-electron chi connectivity index (χ1n) is 6.20. The number of nitrogen functional groups attached to an aromatic ring is 1. The Morgan fingerprint density at radius 3 is 2.67 bits per heavy atom. The summed E-state index contributed by atoms with van der Waals surface area (Å²) in [7, 11) is 2.07. The topological polar surface area (TPSA) is 58.4 Å². The zero-order chi connectivity index (χ0) is 15.4. The molecule has 0 spiro atoms. The van der Waals surface area contributed by atoms with Crippen LogP contribution in [0.2, 0.25) is 0 Å². The summed E-state index contributed by atoms with van der Waals surface area (Å²) in [6.45, 7) is 1.66. The summed E-state index contributed by atoms with van der Waals surface area (Å²) in [5.74, 6) is 4.84. The van der Waals surface area contributed by atoms with Crippen molar-refractivity contribution in [3.8, 4) is 0 Å². The molecule has 1 aromatic carbocycles. The molecule has 112 valence electrons. The maximum absolute atomic E-state index is 11.5. The summed E-state index contributed by atoms with van der Waals surface area (Å²) in [5, 5.41) is 2.14. The van der Waals surface area contributed by atoms with Crippen LogP contribution in [0.1, 0.15) is 21.5 Å². The van der Waals surface area contributed by atoms with E-state index < -0.39 is 0 Å². The minimum atomic E-state index is -0.293. The highest BCUT2D eigenvalue weighted by Gasteiger charge is 2.10. The first-order valence-corrected chi connectivity index (χ1v) is 8.67. The molecule has 2 aromatic rings. The second-order valence-electron chi connectivity index (χ2n) is 4.71. The molecular weight excluding hydrogens is 418 g/mol. The van der Waals surface area contributed by atoms with Crippen LogP contribution in [-0.4, -0.2) is 17.9 Å². The molecule has 0 fully saturated rings. The van der Waals surface area contributed by atoms with Crippen LogP contribution in [0, 0.1) is 0 Å². The Bertz CT molecular complexity index is 645. The lowest BCUT2D eigenvalue weighted by Crippen LogP contribution is -2.30. The van der Waals surface area contributed by atoms with Crippen LogP contribution in [0.25, 0.3) is 0 Å².